The standard InChI is InChI=1S/C25H20NO/c1-17-14-15-21-20-12-8-11-19(18-9-4-3-5-10-18)24(20)27-25(21)23(17)22-13-6-7-16-26(22)2/h3-16H,1-2H3/q+1. The first-order chi connectivity index (χ1) is 13.2. The van der Waals surface area contributed by atoms with E-state index in [1.54, 1.807) is 0 Å². The van der Waals surface area contributed by atoms with Crippen LogP contribution >= 0.6 is 0 Å². The van der Waals surface area contributed by atoms with E-state index in [1.807, 2.05) is 12.1 Å². The summed E-state index contributed by atoms with van der Waals surface area (Å²) in [5.74, 6) is 0. The molecule has 0 saturated heterocycles. The number of pyridine rings is 1. The Morgan fingerprint density at radius 3 is 2.30 bits per heavy atom. The Bertz CT molecular complexity index is 1280. The summed E-state index contributed by atoms with van der Waals surface area (Å²) in [5.41, 5.74) is 7.73. The number of benzene rings is 3. The van der Waals surface area contributed by atoms with E-state index in [2.05, 4.69) is 91.5 Å². The number of aryl methyl sites for hydroxylation is 2. The molecule has 5 rings (SSSR count). The minimum absolute atomic E-state index is 0.948. The summed E-state index contributed by atoms with van der Waals surface area (Å²) in [6.07, 6.45) is 2.08. The van der Waals surface area contributed by atoms with Gasteiger partial charge in [0, 0.05) is 28.5 Å². The topological polar surface area (TPSA) is 17.0 Å². The van der Waals surface area contributed by atoms with E-state index in [1.165, 1.54) is 11.1 Å². The SMILES string of the molecule is Cc1ccc2c(oc3c(-c4ccccc4)cccc32)c1-c1cccc[n+]1C. The maximum absolute atomic E-state index is 6.55. The average Bonchev–Trinajstić information content (AvgIpc) is 3.08. The zero-order valence-corrected chi connectivity index (χ0v) is 15.4. The molecule has 0 amide bonds. The number of hydrogen-bond acceptors (Lipinski definition) is 1. The maximum atomic E-state index is 6.55. The molecule has 0 saturated carbocycles. The van der Waals surface area contributed by atoms with Crippen molar-refractivity contribution >= 4 is 21.9 Å². The van der Waals surface area contributed by atoms with E-state index >= 15 is 0 Å². The maximum Gasteiger partial charge on any atom is 0.216 e. The predicted molar refractivity (Wildman–Crippen MR) is 111 cm³/mol. The summed E-state index contributed by atoms with van der Waals surface area (Å²) in [6, 6.07) is 27.5. The summed E-state index contributed by atoms with van der Waals surface area (Å²) < 4.78 is 8.69. The Balaban J connectivity index is 1.89. The van der Waals surface area contributed by atoms with Gasteiger partial charge in [0.2, 0.25) is 5.69 Å². The Hall–Kier alpha value is -3.39. The van der Waals surface area contributed by atoms with Gasteiger partial charge < -0.3 is 4.42 Å². The van der Waals surface area contributed by atoms with Crippen LogP contribution in [0.3, 0.4) is 0 Å². The molecule has 0 bridgehead atoms. The lowest BCUT2D eigenvalue weighted by atomic mass is 9.99. The number of nitrogens with zero attached hydrogens (tertiary/aromatic N) is 1. The van der Waals surface area contributed by atoms with Gasteiger partial charge in [0.1, 0.15) is 18.2 Å². The first-order valence-corrected chi connectivity index (χ1v) is 9.19. The van der Waals surface area contributed by atoms with E-state index in [4.69, 9.17) is 4.42 Å². The van der Waals surface area contributed by atoms with Crippen LogP contribution in [0.1, 0.15) is 5.56 Å². The molecule has 0 spiro atoms. The smallest absolute Gasteiger partial charge is 0.216 e. The van der Waals surface area contributed by atoms with Crippen molar-refractivity contribution in [2.24, 2.45) is 7.05 Å². The van der Waals surface area contributed by atoms with Crippen molar-refractivity contribution in [2.45, 2.75) is 6.92 Å². The van der Waals surface area contributed by atoms with E-state index in [9.17, 15) is 0 Å². The molecule has 2 heteroatoms. The molecule has 0 atom stereocenters. The van der Waals surface area contributed by atoms with Crippen molar-refractivity contribution in [1.82, 2.24) is 0 Å². The van der Waals surface area contributed by atoms with Crippen LogP contribution in [0.5, 0.6) is 0 Å². The number of rotatable bonds is 2. The number of para-hydroxylation sites is 1. The van der Waals surface area contributed by atoms with Gasteiger partial charge in [0.15, 0.2) is 6.20 Å². The van der Waals surface area contributed by atoms with Gasteiger partial charge in [-0.25, -0.2) is 4.57 Å². The molecule has 0 N–H and O–H groups in total. The van der Waals surface area contributed by atoms with E-state index in [-0.39, 0.29) is 0 Å². The van der Waals surface area contributed by atoms with Gasteiger partial charge >= 0.3 is 0 Å². The first-order valence-electron chi connectivity index (χ1n) is 9.19. The van der Waals surface area contributed by atoms with Gasteiger partial charge in [0.05, 0.1) is 5.56 Å². The minimum Gasteiger partial charge on any atom is -0.454 e. The van der Waals surface area contributed by atoms with E-state index < -0.39 is 0 Å². The molecule has 27 heavy (non-hydrogen) atoms. The number of fused-ring (bicyclic) bond motifs is 3. The molecule has 2 heterocycles. The highest BCUT2D eigenvalue weighted by Crippen LogP contribution is 2.40. The predicted octanol–water partition coefficient (Wildman–Crippen LogP) is 6.05. The second kappa shape index (κ2) is 6.10. The second-order valence-corrected chi connectivity index (χ2v) is 6.98. The largest absolute Gasteiger partial charge is 0.454 e. The van der Waals surface area contributed by atoms with Crippen molar-refractivity contribution in [3.05, 3.63) is 90.6 Å². The fourth-order valence-electron chi connectivity index (χ4n) is 3.91. The number of hydrogen-bond donors (Lipinski definition) is 0. The summed E-state index contributed by atoms with van der Waals surface area (Å²) in [5, 5.41) is 2.32. The lowest BCUT2D eigenvalue weighted by molar-refractivity contribution is -0.660. The van der Waals surface area contributed by atoms with Crippen LogP contribution in [0.4, 0.5) is 0 Å². The van der Waals surface area contributed by atoms with Crippen LogP contribution in [-0.2, 0) is 7.05 Å². The average molecular weight is 350 g/mol. The van der Waals surface area contributed by atoms with Gasteiger partial charge in [0.25, 0.3) is 0 Å². The third-order valence-corrected chi connectivity index (χ3v) is 5.27. The Kier molecular flexibility index (Phi) is 3.58. The summed E-state index contributed by atoms with van der Waals surface area (Å²) in [6.45, 7) is 2.15. The fourth-order valence-corrected chi connectivity index (χ4v) is 3.91. The van der Waals surface area contributed by atoms with Crippen LogP contribution in [-0.4, -0.2) is 0 Å². The molecule has 2 aromatic heterocycles. The lowest BCUT2D eigenvalue weighted by Gasteiger charge is -2.05. The van der Waals surface area contributed by atoms with Crippen LogP contribution in [0.15, 0.2) is 89.5 Å². The van der Waals surface area contributed by atoms with E-state index in [0.29, 0.717) is 0 Å². The van der Waals surface area contributed by atoms with Gasteiger partial charge in [-0.2, -0.15) is 0 Å². The normalized spacial score (nSPS) is 11.3. The molecule has 0 unspecified atom stereocenters. The van der Waals surface area contributed by atoms with Gasteiger partial charge in [-0.05, 0) is 24.1 Å². The zero-order valence-electron chi connectivity index (χ0n) is 15.4. The Labute approximate surface area is 158 Å². The van der Waals surface area contributed by atoms with Crippen molar-refractivity contribution in [3.63, 3.8) is 0 Å². The summed E-state index contributed by atoms with van der Waals surface area (Å²) in [4.78, 5) is 0. The van der Waals surface area contributed by atoms with Crippen LogP contribution in [0, 0.1) is 6.92 Å². The molecule has 5 aromatic rings. The Morgan fingerprint density at radius 2 is 1.48 bits per heavy atom. The highest BCUT2D eigenvalue weighted by molar-refractivity contribution is 6.13. The molecule has 0 aliphatic heterocycles. The molecular formula is C25H20NO+. The van der Waals surface area contributed by atoms with Crippen molar-refractivity contribution in [3.8, 4) is 22.4 Å². The molecule has 3 aromatic carbocycles. The Morgan fingerprint density at radius 1 is 0.704 bits per heavy atom. The third kappa shape index (κ3) is 2.45. The molecule has 0 aliphatic rings. The van der Waals surface area contributed by atoms with Crippen LogP contribution in [0.25, 0.3) is 44.3 Å². The first kappa shape index (κ1) is 15.8. The molecule has 0 fully saturated rings. The third-order valence-electron chi connectivity index (χ3n) is 5.27. The van der Waals surface area contributed by atoms with Crippen molar-refractivity contribution in [2.75, 3.05) is 0 Å². The second-order valence-electron chi connectivity index (χ2n) is 6.98. The zero-order chi connectivity index (χ0) is 18.4. The molecule has 2 nitrogen and oxygen atoms in total. The minimum atomic E-state index is 0.948. The highest BCUT2D eigenvalue weighted by Gasteiger charge is 2.21. The van der Waals surface area contributed by atoms with Crippen LogP contribution in [0.2, 0.25) is 0 Å². The molecule has 0 aliphatic carbocycles. The highest BCUT2D eigenvalue weighted by atomic mass is 16.3. The van der Waals surface area contributed by atoms with Gasteiger partial charge in [-0.15, -0.1) is 0 Å². The molecular weight excluding hydrogens is 330 g/mol. The molecule has 0 radical (unpaired) electrons. The monoisotopic (exact) mass is 350 g/mol. The van der Waals surface area contributed by atoms with E-state index in [0.717, 1.165) is 38.8 Å². The van der Waals surface area contributed by atoms with Crippen molar-refractivity contribution in [1.29, 1.82) is 0 Å². The van der Waals surface area contributed by atoms with Crippen molar-refractivity contribution < 1.29 is 8.98 Å². The van der Waals surface area contributed by atoms with Crippen LogP contribution < -0.4 is 4.57 Å². The molecule has 130 valence electrons. The number of aromatic nitrogens is 1. The lowest BCUT2D eigenvalue weighted by Crippen LogP contribution is -2.30. The van der Waals surface area contributed by atoms with Gasteiger partial charge in [-0.3, -0.25) is 0 Å². The number of furan rings is 1. The summed E-state index contributed by atoms with van der Waals surface area (Å²) in [7, 11) is 2.08. The summed E-state index contributed by atoms with van der Waals surface area (Å²) >= 11 is 0. The fraction of sp³-hybridized carbons (Fsp3) is 0.0800. The van der Waals surface area contributed by atoms with Gasteiger partial charge in [-0.1, -0.05) is 60.7 Å². The quantitative estimate of drug-likeness (QED) is 0.354.